The highest BCUT2D eigenvalue weighted by Crippen LogP contribution is 2.29. The molecule has 0 atom stereocenters. The van der Waals surface area contributed by atoms with Gasteiger partial charge in [-0.1, -0.05) is 29.4 Å². The summed E-state index contributed by atoms with van der Waals surface area (Å²) >= 11 is 0. The van der Waals surface area contributed by atoms with Gasteiger partial charge in [0, 0.05) is 17.5 Å². The van der Waals surface area contributed by atoms with E-state index in [0.717, 1.165) is 48.4 Å². The number of aromatic nitrogens is 2. The summed E-state index contributed by atoms with van der Waals surface area (Å²) in [6.07, 6.45) is 2.14. The molecule has 0 bridgehead atoms. The summed E-state index contributed by atoms with van der Waals surface area (Å²) < 4.78 is 18.6. The van der Waals surface area contributed by atoms with Gasteiger partial charge in [0.2, 0.25) is 0 Å². The first-order valence-electron chi connectivity index (χ1n) is 9.54. The van der Waals surface area contributed by atoms with E-state index in [2.05, 4.69) is 28.9 Å². The van der Waals surface area contributed by atoms with Gasteiger partial charge >= 0.3 is 0 Å². The maximum Gasteiger partial charge on any atom is 0.257 e. The van der Waals surface area contributed by atoms with Gasteiger partial charge in [-0.3, -0.25) is 0 Å². The third-order valence-electron chi connectivity index (χ3n) is 5.38. The Morgan fingerprint density at radius 1 is 0.926 bits per heavy atom. The van der Waals surface area contributed by atoms with Crippen molar-refractivity contribution in [1.82, 2.24) is 15.0 Å². The fraction of sp³-hybridized carbons (Fsp3) is 0.364. The first-order chi connectivity index (χ1) is 13.1. The molecule has 140 valence electrons. The largest absolute Gasteiger partial charge is 0.334 e. The summed E-state index contributed by atoms with van der Waals surface area (Å²) in [5, 5.41) is 4.23. The Bertz CT molecular complexity index is 879. The Balaban J connectivity index is 1.46. The fourth-order valence-electron chi connectivity index (χ4n) is 3.64. The van der Waals surface area contributed by atoms with E-state index < -0.39 is 0 Å². The van der Waals surface area contributed by atoms with Crippen LogP contribution in [0.4, 0.5) is 4.39 Å². The van der Waals surface area contributed by atoms with Crippen LogP contribution < -0.4 is 0 Å². The summed E-state index contributed by atoms with van der Waals surface area (Å²) in [6, 6.07) is 15.0. The molecule has 4 rings (SSSR count). The Labute approximate surface area is 159 Å². The molecule has 1 aliphatic heterocycles. The van der Waals surface area contributed by atoms with Gasteiger partial charge in [0.1, 0.15) is 5.82 Å². The molecule has 1 aliphatic rings. The number of benzene rings is 2. The number of piperidine rings is 1. The Morgan fingerprint density at radius 3 is 2.07 bits per heavy atom. The third kappa shape index (κ3) is 3.93. The number of halogens is 1. The number of rotatable bonds is 4. The van der Waals surface area contributed by atoms with Crippen molar-refractivity contribution >= 4 is 0 Å². The summed E-state index contributed by atoms with van der Waals surface area (Å²) in [7, 11) is 0. The predicted molar refractivity (Wildman–Crippen MR) is 104 cm³/mol. The quantitative estimate of drug-likeness (QED) is 0.643. The van der Waals surface area contributed by atoms with Crippen molar-refractivity contribution < 1.29 is 8.91 Å². The van der Waals surface area contributed by atoms with E-state index in [4.69, 9.17) is 4.52 Å². The topological polar surface area (TPSA) is 42.2 Å². The maximum absolute atomic E-state index is 13.1. The van der Waals surface area contributed by atoms with Crippen LogP contribution in [0.1, 0.15) is 38.4 Å². The van der Waals surface area contributed by atoms with Gasteiger partial charge in [-0.15, -0.1) is 0 Å². The van der Waals surface area contributed by atoms with Crippen molar-refractivity contribution in [3.05, 3.63) is 60.2 Å². The third-order valence-corrected chi connectivity index (χ3v) is 5.38. The Morgan fingerprint density at radius 2 is 1.48 bits per heavy atom. The molecule has 5 heteroatoms. The molecule has 4 nitrogen and oxygen atoms in total. The van der Waals surface area contributed by atoms with Gasteiger partial charge in [-0.25, -0.2) is 4.39 Å². The van der Waals surface area contributed by atoms with Crippen molar-refractivity contribution in [3.63, 3.8) is 0 Å². The standard InChI is InChI=1S/C22H24FN3O/c1-15(2)26-13-11-18(12-14-26)21-24-22(27-25-21)19-5-3-16(4-6-19)17-7-9-20(23)10-8-17/h3-10,15,18H,11-14H2,1-2H3. The molecular weight excluding hydrogens is 341 g/mol. The van der Waals surface area contributed by atoms with E-state index in [1.807, 2.05) is 24.3 Å². The SMILES string of the molecule is CC(C)N1CCC(c2noc(-c3ccc(-c4ccc(F)cc4)cc3)n2)CC1. The molecule has 0 unspecified atom stereocenters. The molecule has 0 amide bonds. The molecule has 0 saturated carbocycles. The summed E-state index contributed by atoms with van der Waals surface area (Å²) in [6.45, 7) is 6.64. The lowest BCUT2D eigenvalue weighted by Gasteiger charge is -2.33. The van der Waals surface area contributed by atoms with Crippen molar-refractivity contribution in [1.29, 1.82) is 0 Å². The second-order valence-electron chi connectivity index (χ2n) is 7.45. The molecule has 0 N–H and O–H groups in total. The average molecular weight is 365 g/mol. The molecule has 1 fully saturated rings. The maximum atomic E-state index is 13.1. The van der Waals surface area contributed by atoms with Crippen molar-refractivity contribution in [2.24, 2.45) is 0 Å². The lowest BCUT2D eigenvalue weighted by atomic mass is 9.95. The number of likely N-dealkylation sites (tertiary alicyclic amines) is 1. The number of hydrogen-bond acceptors (Lipinski definition) is 4. The van der Waals surface area contributed by atoms with Gasteiger partial charge in [0.25, 0.3) is 5.89 Å². The molecular formula is C22H24FN3O. The molecule has 0 spiro atoms. The van der Waals surface area contributed by atoms with E-state index in [1.165, 1.54) is 12.1 Å². The zero-order valence-electron chi connectivity index (χ0n) is 15.7. The highest BCUT2D eigenvalue weighted by Gasteiger charge is 2.25. The lowest BCUT2D eigenvalue weighted by molar-refractivity contribution is 0.168. The second-order valence-corrected chi connectivity index (χ2v) is 7.45. The van der Waals surface area contributed by atoms with E-state index in [-0.39, 0.29) is 5.82 Å². The monoisotopic (exact) mass is 365 g/mol. The fourth-order valence-corrected chi connectivity index (χ4v) is 3.64. The molecule has 0 aliphatic carbocycles. The lowest BCUT2D eigenvalue weighted by Crippen LogP contribution is -2.38. The van der Waals surface area contributed by atoms with Gasteiger partial charge in [-0.2, -0.15) is 4.98 Å². The van der Waals surface area contributed by atoms with Crippen LogP contribution in [0.2, 0.25) is 0 Å². The van der Waals surface area contributed by atoms with Gasteiger partial charge in [-0.05, 0) is 75.2 Å². The Kier molecular flexibility index (Phi) is 5.03. The first-order valence-corrected chi connectivity index (χ1v) is 9.54. The van der Waals surface area contributed by atoms with E-state index in [9.17, 15) is 4.39 Å². The highest BCUT2D eigenvalue weighted by atomic mass is 19.1. The van der Waals surface area contributed by atoms with Crippen LogP contribution in [-0.4, -0.2) is 34.2 Å². The number of nitrogens with zero attached hydrogens (tertiary/aromatic N) is 3. The van der Waals surface area contributed by atoms with Crippen LogP contribution >= 0.6 is 0 Å². The van der Waals surface area contributed by atoms with Gasteiger partial charge < -0.3 is 9.42 Å². The zero-order valence-corrected chi connectivity index (χ0v) is 15.7. The van der Waals surface area contributed by atoms with Crippen molar-refractivity contribution in [3.8, 4) is 22.6 Å². The molecule has 3 aromatic rings. The molecule has 2 heterocycles. The van der Waals surface area contributed by atoms with Crippen LogP contribution in [0.25, 0.3) is 22.6 Å². The first kappa shape index (κ1) is 17.9. The number of hydrogen-bond donors (Lipinski definition) is 0. The predicted octanol–water partition coefficient (Wildman–Crippen LogP) is 5.13. The molecule has 1 saturated heterocycles. The smallest absolute Gasteiger partial charge is 0.257 e. The summed E-state index contributed by atoms with van der Waals surface area (Å²) in [5.41, 5.74) is 2.91. The van der Waals surface area contributed by atoms with Crippen LogP contribution in [0.3, 0.4) is 0 Å². The molecule has 0 radical (unpaired) electrons. The van der Waals surface area contributed by atoms with Gasteiger partial charge in [0.05, 0.1) is 0 Å². The van der Waals surface area contributed by atoms with Gasteiger partial charge in [0.15, 0.2) is 5.82 Å². The molecule has 27 heavy (non-hydrogen) atoms. The average Bonchev–Trinajstić information content (AvgIpc) is 3.19. The van der Waals surface area contributed by atoms with E-state index in [0.29, 0.717) is 17.9 Å². The molecule has 2 aromatic carbocycles. The van der Waals surface area contributed by atoms with Crippen molar-refractivity contribution in [2.45, 2.75) is 38.6 Å². The highest BCUT2D eigenvalue weighted by molar-refractivity contribution is 5.67. The van der Waals surface area contributed by atoms with Crippen molar-refractivity contribution in [2.75, 3.05) is 13.1 Å². The van der Waals surface area contributed by atoms with E-state index in [1.54, 1.807) is 12.1 Å². The normalized spacial score (nSPS) is 16.1. The minimum absolute atomic E-state index is 0.229. The zero-order chi connectivity index (χ0) is 18.8. The Hall–Kier alpha value is -2.53. The second kappa shape index (κ2) is 7.61. The summed E-state index contributed by atoms with van der Waals surface area (Å²) in [5.74, 6) is 1.52. The van der Waals surface area contributed by atoms with E-state index >= 15 is 0 Å². The minimum Gasteiger partial charge on any atom is -0.334 e. The van der Waals surface area contributed by atoms with Crippen LogP contribution in [0.5, 0.6) is 0 Å². The van der Waals surface area contributed by atoms with Crippen LogP contribution in [0, 0.1) is 5.82 Å². The van der Waals surface area contributed by atoms with Crippen LogP contribution in [0.15, 0.2) is 53.1 Å². The summed E-state index contributed by atoms with van der Waals surface area (Å²) in [4.78, 5) is 7.13. The molecule has 1 aromatic heterocycles. The van der Waals surface area contributed by atoms with Crippen LogP contribution in [-0.2, 0) is 0 Å². The minimum atomic E-state index is -0.229.